The number of rotatable bonds is 3. The van der Waals surface area contributed by atoms with Crippen LogP contribution in [0, 0.1) is 25.5 Å². The molecule has 20 heavy (non-hydrogen) atoms. The maximum atomic E-state index is 13.8. The molecule has 0 fully saturated rings. The molecule has 0 aliphatic carbocycles. The summed E-state index contributed by atoms with van der Waals surface area (Å²) in [5, 5.41) is 2.74. The topological polar surface area (TPSA) is 50.9 Å². The predicted octanol–water partition coefficient (Wildman–Crippen LogP) is 3.35. The Labute approximate surface area is 120 Å². The van der Waals surface area contributed by atoms with Crippen molar-refractivity contribution >= 4 is 28.7 Å². The van der Waals surface area contributed by atoms with Gasteiger partial charge in [-0.2, -0.15) is 0 Å². The second-order valence-corrected chi connectivity index (χ2v) is 4.86. The van der Waals surface area contributed by atoms with Crippen LogP contribution in [0.5, 0.6) is 0 Å². The van der Waals surface area contributed by atoms with E-state index in [9.17, 15) is 8.78 Å². The van der Waals surface area contributed by atoms with Gasteiger partial charge in [-0.3, -0.25) is 0 Å². The number of halogens is 2. The van der Waals surface area contributed by atoms with E-state index in [-0.39, 0.29) is 16.2 Å². The highest BCUT2D eigenvalue weighted by molar-refractivity contribution is 7.80. The molecule has 104 valence electrons. The number of pyridine rings is 1. The van der Waals surface area contributed by atoms with Gasteiger partial charge in [-0.1, -0.05) is 12.2 Å². The van der Waals surface area contributed by atoms with Crippen LogP contribution in [-0.2, 0) is 0 Å². The minimum absolute atomic E-state index is 0.0105. The van der Waals surface area contributed by atoms with E-state index in [1.54, 1.807) is 19.1 Å². The molecule has 0 aliphatic heterocycles. The molecular formula is C14H13F2N3S. The van der Waals surface area contributed by atoms with Gasteiger partial charge in [0.05, 0.1) is 11.3 Å². The summed E-state index contributed by atoms with van der Waals surface area (Å²) in [6, 6.07) is 5.63. The largest absolute Gasteiger partial charge is 0.389 e. The normalized spacial score (nSPS) is 10.4. The van der Waals surface area contributed by atoms with Crippen molar-refractivity contribution in [2.24, 2.45) is 5.73 Å². The molecule has 0 saturated heterocycles. The van der Waals surface area contributed by atoms with Crippen molar-refractivity contribution in [3.05, 3.63) is 52.7 Å². The molecule has 0 atom stereocenters. The summed E-state index contributed by atoms with van der Waals surface area (Å²) in [5.41, 5.74) is 7.01. The van der Waals surface area contributed by atoms with Gasteiger partial charge >= 0.3 is 0 Å². The van der Waals surface area contributed by atoms with Gasteiger partial charge in [0.25, 0.3) is 0 Å². The van der Waals surface area contributed by atoms with E-state index in [2.05, 4.69) is 10.3 Å². The number of anilines is 2. The summed E-state index contributed by atoms with van der Waals surface area (Å²) in [5.74, 6) is -0.765. The van der Waals surface area contributed by atoms with Crippen LogP contribution in [0.1, 0.15) is 16.8 Å². The average molecular weight is 293 g/mol. The van der Waals surface area contributed by atoms with Crippen LogP contribution in [0.2, 0.25) is 0 Å². The fourth-order valence-electron chi connectivity index (χ4n) is 1.72. The summed E-state index contributed by atoms with van der Waals surface area (Å²) < 4.78 is 27.4. The zero-order valence-electron chi connectivity index (χ0n) is 11.0. The average Bonchev–Trinajstić information content (AvgIpc) is 2.35. The standard InChI is InChI=1S/C14H13F2N3S/c1-7-5-11(16)12(6-10(7)15)19-14-9(13(17)20)4-3-8(2)18-14/h3-6H,1-2H3,(H2,17,20)(H,18,19). The van der Waals surface area contributed by atoms with E-state index in [4.69, 9.17) is 18.0 Å². The van der Waals surface area contributed by atoms with Crippen LogP contribution in [0.3, 0.4) is 0 Å². The second-order valence-electron chi connectivity index (χ2n) is 4.42. The first kappa shape index (κ1) is 14.3. The molecule has 3 N–H and O–H groups in total. The van der Waals surface area contributed by atoms with Crippen molar-refractivity contribution in [3.63, 3.8) is 0 Å². The highest BCUT2D eigenvalue weighted by Gasteiger charge is 2.12. The number of nitrogens with one attached hydrogen (secondary N) is 1. The van der Waals surface area contributed by atoms with E-state index in [1.165, 1.54) is 6.92 Å². The zero-order valence-corrected chi connectivity index (χ0v) is 11.8. The van der Waals surface area contributed by atoms with Crippen molar-refractivity contribution in [3.8, 4) is 0 Å². The Bertz CT molecular complexity index is 686. The Morgan fingerprint density at radius 1 is 1.20 bits per heavy atom. The number of nitrogens with zero attached hydrogens (tertiary/aromatic N) is 1. The number of aryl methyl sites for hydroxylation is 2. The number of hydrogen-bond acceptors (Lipinski definition) is 3. The third kappa shape index (κ3) is 2.91. The van der Waals surface area contributed by atoms with Crippen LogP contribution < -0.4 is 11.1 Å². The molecule has 0 aliphatic rings. The van der Waals surface area contributed by atoms with E-state index in [0.29, 0.717) is 17.1 Å². The quantitative estimate of drug-likeness (QED) is 0.852. The lowest BCUT2D eigenvalue weighted by Crippen LogP contribution is -2.13. The highest BCUT2D eigenvalue weighted by atomic mass is 32.1. The van der Waals surface area contributed by atoms with Gasteiger partial charge in [0.1, 0.15) is 22.4 Å². The Balaban J connectivity index is 2.47. The first-order valence-corrected chi connectivity index (χ1v) is 6.29. The van der Waals surface area contributed by atoms with Gasteiger partial charge in [0, 0.05) is 11.8 Å². The summed E-state index contributed by atoms with van der Waals surface area (Å²) in [4.78, 5) is 4.35. The molecule has 0 radical (unpaired) electrons. The number of hydrogen-bond donors (Lipinski definition) is 2. The SMILES string of the molecule is Cc1ccc(C(N)=S)c(Nc2cc(F)c(C)cc2F)n1. The molecule has 1 aromatic heterocycles. The molecule has 3 nitrogen and oxygen atoms in total. The van der Waals surface area contributed by atoms with Crippen molar-refractivity contribution in [2.45, 2.75) is 13.8 Å². The van der Waals surface area contributed by atoms with Crippen molar-refractivity contribution in [1.29, 1.82) is 0 Å². The first-order valence-electron chi connectivity index (χ1n) is 5.88. The van der Waals surface area contributed by atoms with Crippen LogP contribution in [0.4, 0.5) is 20.3 Å². The van der Waals surface area contributed by atoms with Gasteiger partial charge < -0.3 is 11.1 Å². The number of aromatic nitrogens is 1. The third-order valence-electron chi connectivity index (χ3n) is 2.80. The Morgan fingerprint density at radius 3 is 2.55 bits per heavy atom. The van der Waals surface area contributed by atoms with Gasteiger partial charge in [0.15, 0.2) is 0 Å². The summed E-state index contributed by atoms with van der Waals surface area (Å²) in [7, 11) is 0. The smallest absolute Gasteiger partial charge is 0.147 e. The number of thiocarbonyl (C=S) groups is 1. The molecule has 0 unspecified atom stereocenters. The molecule has 0 spiro atoms. The van der Waals surface area contributed by atoms with Crippen LogP contribution in [0.15, 0.2) is 24.3 Å². The van der Waals surface area contributed by atoms with Gasteiger partial charge in [-0.15, -0.1) is 0 Å². The van der Waals surface area contributed by atoms with Crippen LogP contribution >= 0.6 is 12.2 Å². The molecule has 1 heterocycles. The van der Waals surface area contributed by atoms with Crippen molar-refractivity contribution < 1.29 is 8.78 Å². The maximum Gasteiger partial charge on any atom is 0.147 e. The third-order valence-corrected chi connectivity index (χ3v) is 3.02. The lowest BCUT2D eigenvalue weighted by atomic mass is 10.2. The molecule has 6 heteroatoms. The molecule has 0 bridgehead atoms. The number of nitrogens with two attached hydrogens (primary N) is 1. The Morgan fingerprint density at radius 2 is 1.90 bits per heavy atom. The molecule has 0 saturated carbocycles. The van der Waals surface area contributed by atoms with Crippen molar-refractivity contribution in [2.75, 3.05) is 5.32 Å². The van der Waals surface area contributed by atoms with Crippen LogP contribution in [0.25, 0.3) is 0 Å². The van der Waals surface area contributed by atoms with Gasteiger partial charge in [-0.25, -0.2) is 13.8 Å². The molecule has 2 aromatic rings. The minimum Gasteiger partial charge on any atom is -0.389 e. The molecule has 2 rings (SSSR count). The van der Waals surface area contributed by atoms with Crippen molar-refractivity contribution in [1.82, 2.24) is 4.98 Å². The fourth-order valence-corrected chi connectivity index (χ4v) is 1.89. The summed E-state index contributed by atoms with van der Waals surface area (Å²) in [6.07, 6.45) is 0. The summed E-state index contributed by atoms with van der Waals surface area (Å²) >= 11 is 4.92. The molecule has 1 aromatic carbocycles. The van der Waals surface area contributed by atoms with E-state index in [0.717, 1.165) is 12.1 Å². The maximum absolute atomic E-state index is 13.8. The Hall–Kier alpha value is -2.08. The monoisotopic (exact) mass is 293 g/mol. The lowest BCUT2D eigenvalue weighted by molar-refractivity contribution is 0.595. The highest BCUT2D eigenvalue weighted by Crippen LogP contribution is 2.24. The fraction of sp³-hybridized carbons (Fsp3) is 0.143. The zero-order chi connectivity index (χ0) is 14.9. The minimum atomic E-state index is -0.568. The Kier molecular flexibility index (Phi) is 3.94. The van der Waals surface area contributed by atoms with Gasteiger partial charge in [-0.05, 0) is 37.6 Å². The van der Waals surface area contributed by atoms with E-state index >= 15 is 0 Å². The summed E-state index contributed by atoms with van der Waals surface area (Å²) in [6.45, 7) is 3.27. The first-order chi connectivity index (χ1) is 9.38. The molecule has 0 amide bonds. The second kappa shape index (κ2) is 5.50. The van der Waals surface area contributed by atoms with E-state index in [1.807, 2.05) is 0 Å². The van der Waals surface area contributed by atoms with Crippen LogP contribution in [-0.4, -0.2) is 9.97 Å². The molecular weight excluding hydrogens is 280 g/mol. The lowest BCUT2D eigenvalue weighted by Gasteiger charge is -2.12. The number of benzene rings is 1. The van der Waals surface area contributed by atoms with E-state index < -0.39 is 11.6 Å². The van der Waals surface area contributed by atoms with Gasteiger partial charge in [0.2, 0.25) is 0 Å². The predicted molar refractivity (Wildman–Crippen MR) is 79.2 cm³/mol.